The normalized spacial score (nSPS) is 12.9. The van der Waals surface area contributed by atoms with Gasteiger partial charge in [0, 0.05) is 17.1 Å². The molecule has 1 aromatic rings. The summed E-state index contributed by atoms with van der Waals surface area (Å²) in [6.45, 7) is 0. The molecule has 0 unspecified atom stereocenters. The first-order chi connectivity index (χ1) is 7.61. The maximum Gasteiger partial charge on any atom is 0.328 e. The van der Waals surface area contributed by atoms with Crippen LogP contribution in [0.2, 0.25) is 5.02 Å². The molecular weight excluding hydrogens is 226 g/mol. The van der Waals surface area contributed by atoms with Crippen molar-refractivity contribution in [1.82, 2.24) is 5.32 Å². The van der Waals surface area contributed by atoms with Crippen molar-refractivity contribution in [1.29, 1.82) is 0 Å². The molecule has 0 fully saturated rings. The van der Waals surface area contributed by atoms with E-state index in [4.69, 9.17) is 16.7 Å². The number of aliphatic carboxylic acids is 1. The lowest BCUT2D eigenvalue weighted by molar-refractivity contribution is -0.131. The van der Waals surface area contributed by atoms with Crippen LogP contribution in [0.3, 0.4) is 0 Å². The van der Waals surface area contributed by atoms with Crippen LogP contribution in [0.5, 0.6) is 0 Å². The molecule has 4 heteroatoms. The van der Waals surface area contributed by atoms with E-state index >= 15 is 0 Å². The van der Waals surface area contributed by atoms with E-state index in [1.54, 1.807) is 13.1 Å². The van der Waals surface area contributed by atoms with Crippen molar-refractivity contribution in [3.05, 3.63) is 47.0 Å². The van der Waals surface area contributed by atoms with Gasteiger partial charge in [0.05, 0.1) is 0 Å². The molecule has 0 radical (unpaired) electrons. The first-order valence-corrected chi connectivity index (χ1v) is 5.32. The van der Waals surface area contributed by atoms with Crippen LogP contribution in [-0.4, -0.2) is 24.2 Å². The lowest BCUT2D eigenvalue weighted by Crippen LogP contribution is -2.25. The van der Waals surface area contributed by atoms with Crippen LogP contribution in [-0.2, 0) is 11.2 Å². The van der Waals surface area contributed by atoms with Gasteiger partial charge in [0.2, 0.25) is 0 Å². The second-order valence-corrected chi connectivity index (χ2v) is 3.86. The first kappa shape index (κ1) is 12.7. The van der Waals surface area contributed by atoms with Crippen molar-refractivity contribution in [3.63, 3.8) is 0 Å². The minimum absolute atomic E-state index is 0.0114. The SMILES string of the molecule is CN[C@@H](C=CC(=O)O)Cc1ccc(Cl)cc1. The zero-order valence-corrected chi connectivity index (χ0v) is 9.74. The summed E-state index contributed by atoms with van der Waals surface area (Å²) >= 11 is 5.78. The third-order valence-corrected chi connectivity index (χ3v) is 2.46. The Morgan fingerprint density at radius 3 is 2.62 bits per heavy atom. The third kappa shape index (κ3) is 4.47. The molecule has 0 heterocycles. The number of rotatable bonds is 5. The Bertz CT molecular complexity index is 373. The van der Waals surface area contributed by atoms with Gasteiger partial charge in [-0.3, -0.25) is 0 Å². The van der Waals surface area contributed by atoms with Gasteiger partial charge in [-0.1, -0.05) is 29.8 Å². The maximum atomic E-state index is 10.4. The number of hydrogen-bond donors (Lipinski definition) is 2. The van der Waals surface area contributed by atoms with Crippen molar-refractivity contribution >= 4 is 17.6 Å². The van der Waals surface area contributed by atoms with Crippen molar-refractivity contribution < 1.29 is 9.90 Å². The Labute approximate surface area is 99.7 Å². The Morgan fingerprint density at radius 1 is 1.50 bits per heavy atom. The topological polar surface area (TPSA) is 49.3 Å². The first-order valence-electron chi connectivity index (χ1n) is 4.94. The number of nitrogens with one attached hydrogen (secondary N) is 1. The molecule has 1 rings (SSSR count). The van der Waals surface area contributed by atoms with E-state index in [1.165, 1.54) is 0 Å². The van der Waals surface area contributed by atoms with E-state index < -0.39 is 5.97 Å². The zero-order valence-electron chi connectivity index (χ0n) is 8.98. The molecule has 86 valence electrons. The lowest BCUT2D eigenvalue weighted by atomic mass is 10.1. The van der Waals surface area contributed by atoms with Crippen LogP contribution < -0.4 is 5.32 Å². The molecule has 0 aliphatic heterocycles. The van der Waals surface area contributed by atoms with Crippen molar-refractivity contribution in [2.75, 3.05) is 7.05 Å². The Morgan fingerprint density at radius 2 is 2.12 bits per heavy atom. The van der Waals surface area contributed by atoms with E-state index in [2.05, 4.69) is 5.32 Å². The molecule has 0 aromatic heterocycles. The summed E-state index contributed by atoms with van der Waals surface area (Å²) in [7, 11) is 1.80. The fraction of sp³-hybridized carbons (Fsp3) is 0.250. The zero-order chi connectivity index (χ0) is 12.0. The molecule has 0 amide bonds. The molecule has 0 bridgehead atoms. The summed E-state index contributed by atoms with van der Waals surface area (Å²) in [6, 6.07) is 7.52. The van der Waals surface area contributed by atoms with Crippen molar-refractivity contribution in [2.24, 2.45) is 0 Å². The smallest absolute Gasteiger partial charge is 0.328 e. The van der Waals surface area contributed by atoms with Crippen LogP contribution in [0.1, 0.15) is 5.56 Å². The molecule has 0 aliphatic rings. The minimum atomic E-state index is -0.934. The van der Waals surface area contributed by atoms with Crippen molar-refractivity contribution in [3.8, 4) is 0 Å². The molecule has 1 aromatic carbocycles. The van der Waals surface area contributed by atoms with Gasteiger partial charge in [-0.15, -0.1) is 0 Å². The molecule has 0 saturated carbocycles. The van der Waals surface area contributed by atoms with Gasteiger partial charge < -0.3 is 10.4 Å². The fourth-order valence-corrected chi connectivity index (χ4v) is 1.47. The van der Waals surface area contributed by atoms with Gasteiger partial charge in [-0.05, 0) is 31.2 Å². The highest BCUT2D eigenvalue weighted by Crippen LogP contribution is 2.11. The number of carboxylic acids is 1. The van der Waals surface area contributed by atoms with Gasteiger partial charge >= 0.3 is 5.97 Å². The monoisotopic (exact) mass is 239 g/mol. The van der Waals surface area contributed by atoms with Crippen molar-refractivity contribution in [2.45, 2.75) is 12.5 Å². The van der Waals surface area contributed by atoms with Crippen LogP contribution in [0.15, 0.2) is 36.4 Å². The van der Waals surface area contributed by atoms with Crippen LogP contribution >= 0.6 is 11.6 Å². The van der Waals surface area contributed by atoms with Crippen LogP contribution in [0.4, 0.5) is 0 Å². The number of hydrogen-bond acceptors (Lipinski definition) is 2. The predicted molar refractivity (Wildman–Crippen MR) is 64.8 cm³/mol. The molecule has 0 aliphatic carbocycles. The quantitative estimate of drug-likeness (QED) is 0.774. The fourth-order valence-electron chi connectivity index (χ4n) is 1.34. The highest BCUT2D eigenvalue weighted by Gasteiger charge is 2.03. The largest absolute Gasteiger partial charge is 0.478 e. The van der Waals surface area contributed by atoms with Gasteiger partial charge in [0.15, 0.2) is 0 Å². The summed E-state index contributed by atoms with van der Waals surface area (Å²) in [4.78, 5) is 10.4. The average molecular weight is 240 g/mol. The summed E-state index contributed by atoms with van der Waals surface area (Å²) in [5.41, 5.74) is 1.11. The summed E-state index contributed by atoms with van der Waals surface area (Å²) < 4.78 is 0. The number of likely N-dealkylation sites (N-methyl/N-ethyl adjacent to an activating group) is 1. The summed E-state index contributed by atoms with van der Waals surface area (Å²) in [5.74, 6) is -0.934. The molecule has 3 nitrogen and oxygen atoms in total. The molecule has 1 atom stereocenters. The van der Waals surface area contributed by atoms with E-state index in [-0.39, 0.29) is 6.04 Å². The van der Waals surface area contributed by atoms with Crippen LogP contribution in [0, 0.1) is 0 Å². The highest BCUT2D eigenvalue weighted by molar-refractivity contribution is 6.30. The lowest BCUT2D eigenvalue weighted by Gasteiger charge is -2.11. The van der Waals surface area contributed by atoms with Gasteiger partial charge in [-0.25, -0.2) is 4.79 Å². The minimum Gasteiger partial charge on any atom is -0.478 e. The average Bonchev–Trinajstić information content (AvgIpc) is 2.26. The molecule has 0 saturated heterocycles. The maximum absolute atomic E-state index is 10.4. The summed E-state index contributed by atoms with van der Waals surface area (Å²) in [5, 5.41) is 12.3. The van der Waals surface area contributed by atoms with Crippen LogP contribution in [0.25, 0.3) is 0 Å². The highest BCUT2D eigenvalue weighted by atomic mass is 35.5. The summed E-state index contributed by atoms with van der Waals surface area (Å²) in [6.07, 6.45) is 3.52. The Kier molecular flexibility index (Phi) is 5.02. The standard InChI is InChI=1S/C12H14ClNO2/c1-14-11(6-7-12(15)16)8-9-2-4-10(13)5-3-9/h2-7,11,14H,8H2,1H3,(H,15,16)/t11-/m0/s1. The number of carboxylic acid groups (broad SMARTS) is 1. The van der Waals surface area contributed by atoms with E-state index in [0.29, 0.717) is 5.02 Å². The molecule has 0 spiro atoms. The van der Waals surface area contributed by atoms with E-state index in [9.17, 15) is 4.79 Å². The third-order valence-electron chi connectivity index (χ3n) is 2.21. The van der Waals surface area contributed by atoms with Gasteiger partial charge in [0.25, 0.3) is 0 Å². The molecule has 2 N–H and O–H groups in total. The second kappa shape index (κ2) is 6.30. The number of benzene rings is 1. The molecular formula is C12H14ClNO2. The molecule has 16 heavy (non-hydrogen) atoms. The predicted octanol–water partition coefficient (Wildman–Crippen LogP) is 2.11. The van der Waals surface area contributed by atoms with Gasteiger partial charge in [-0.2, -0.15) is 0 Å². The Hall–Kier alpha value is -1.32. The number of halogens is 1. The number of carbonyl (C=O) groups is 1. The van der Waals surface area contributed by atoms with E-state index in [1.807, 2.05) is 24.3 Å². The second-order valence-electron chi connectivity index (χ2n) is 3.42. The Balaban J connectivity index is 2.63. The van der Waals surface area contributed by atoms with E-state index in [0.717, 1.165) is 18.1 Å². The van der Waals surface area contributed by atoms with Gasteiger partial charge in [0.1, 0.15) is 0 Å².